The van der Waals surface area contributed by atoms with E-state index >= 15 is 0 Å². The van der Waals surface area contributed by atoms with E-state index in [0.29, 0.717) is 0 Å². The molecule has 1 atom stereocenters. The van der Waals surface area contributed by atoms with Gasteiger partial charge < -0.3 is 8.85 Å². The first-order valence-electron chi connectivity index (χ1n) is 6.77. The van der Waals surface area contributed by atoms with Crippen LogP contribution < -0.4 is 0 Å². The summed E-state index contributed by atoms with van der Waals surface area (Å²) in [7, 11) is -2.23. The highest BCUT2D eigenvalue weighted by molar-refractivity contribution is 6.71. The molecule has 0 saturated carbocycles. The summed E-state index contributed by atoms with van der Waals surface area (Å²) in [4.78, 5) is 0. The first kappa shape index (κ1) is 16.4. The van der Waals surface area contributed by atoms with Gasteiger partial charge >= 0.3 is 0 Å². The predicted molar refractivity (Wildman–Crippen MR) is 77.2 cm³/mol. The van der Waals surface area contributed by atoms with Crippen LogP contribution in [0.4, 0.5) is 0 Å². The van der Waals surface area contributed by atoms with E-state index in [-0.39, 0.29) is 0 Å². The first-order chi connectivity index (χ1) is 7.52. The molecule has 98 valence electrons. The Hall–Kier alpha value is 0.354. The van der Waals surface area contributed by atoms with Crippen LogP contribution in [-0.2, 0) is 8.85 Å². The normalized spacial score (nSPS) is 14.1. The Balaban J connectivity index is 3.54. The van der Waals surface area contributed by atoms with Gasteiger partial charge in [-0.05, 0) is 44.6 Å². The summed E-state index contributed by atoms with van der Waals surface area (Å²) < 4.78 is 11.8. The van der Waals surface area contributed by atoms with Crippen LogP contribution in [0.1, 0.15) is 33.1 Å². The predicted octanol–water partition coefficient (Wildman–Crippen LogP) is 3.79. The summed E-state index contributed by atoms with van der Waals surface area (Å²) in [5.41, 5.74) is 0. The van der Waals surface area contributed by atoms with Crippen molar-refractivity contribution in [3.63, 3.8) is 0 Å². The van der Waals surface area contributed by atoms with Gasteiger partial charge in [-0.15, -0.1) is 0 Å². The third-order valence-electron chi connectivity index (χ3n) is 2.69. The Kier molecular flexibility index (Phi) is 9.60. The molecule has 0 N–H and O–H groups in total. The summed E-state index contributed by atoms with van der Waals surface area (Å²) in [6.07, 6.45) is 3.60. The monoisotopic (exact) mass is 262 g/mol. The molecule has 16 heavy (non-hydrogen) atoms. The quantitative estimate of drug-likeness (QED) is 0.558. The fraction of sp³-hybridized carbons (Fsp3) is 1.00. The van der Waals surface area contributed by atoms with Crippen LogP contribution in [-0.4, -0.2) is 30.6 Å². The van der Waals surface area contributed by atoms with Crippen molar-refractivity contribution >= 4 is 17.4 Å². The van der Waals surface area contributed by atoms with Crippen molar-refractivity contribution in [1.82, 2.24) is 0 Å². The molecular weight excluding hydrogens is 232 g/mol. The van der Waals surface area contributed by atoms with Crippen LogP contribution in [0.3, 0.4) is 0 Å². The van der Waals surface area contributed by atoms with Crippen LogP contribution >= 0.6 is 0 Å². The zero-order valence-electron chi connectivity index (χ0n) is 11.8. The lowest BCUT2D eigenvalue weighted by atomic mass is 10.5. The fourth-order valence-electron chi connectivity index (χ4n) is 1.67. The van der Waals surface area contributed by atoms with E-state index < -0.39 is 17.4 Å². The average molecular weight is 263 g/mol. The summed E-state index contributed by atoms with van der Waals surface area (Å²) in [5.74, 6) is 0. The van der Waals surface area contributed by atoms with E-state index in [9.17, 15) is 0 Å². The molecule has 0 radical (unpaired) electrons. The molecule has 0 aromatic rings. The lowest BCUT2D eigenvalue weighted by molar-refractivity contribution is 0.305. The van der Waals surface area contributed by atoms with E-state index in [0.717, 1.165) is 26.1 Å². The van der Waals surface area contributed by atoms with Gasteiger partial charge in [-0.25, -0.2) is 0 Å². The maximum atomic E-state index is 5.96. The second kappa shape index (κ2) is 9.39. The highest BCUT2D eigenvalue weighted by atomic mass is 28.4. The molecule has 4 heteroatoms. The average Bonchev–Trinajstić information content (AvgIpc) is 2.23. The smallest absolute Gasteiger partial charge is 0.186 e. The Morgan fingerprint density at radius 2 is 1.69 bits per heavy atom. The summed E-state index contributed by atoms with van der Waals surface area (Å²) in [6.45, 7) is 13.2. The molecule has 0 aromatic carbocycles. The summed E-state index contributed by atoms with van der Waals surface area (Å²) >= 11 is 0. The van der Waals surface area contributed by atoms with E-state index in [1.807, 2.05) is 0 Å². The van der Waals surface area contributed by atoms with Crippen LogP contribution in [0.2, 0.25) is 31.7 Å². The molecule has 0 aliphatic heterocycles. The van der Waals surface area contributed by atoms with Gasteiger partial charge in [0.05, 0.1) is 0 Å². The molecule has 0 spiro atoms. The molecule has 0 saturated heterocycles. The molecule has 0 bridgehead atoms. The van der Waals surface area contributed by atoms with Crippen LogP contribution in [0.5, 0.6) is 0 Å². The van der Waals surface area contributed by atoms with Crippen molar-refractivity contribution in [1.29, 1.82) is 0 Å². The maximum absolute atomic E-state index is 5.96. The molecular formula is C12H30O2Si2. The standard InChI is InChI=1S/C12H30O2Si2/c1-6-9-13-15(3)11-8-12-16(4,5)14-10-7-2/h15H,6-12H2,1-5H3. The van der Waals surface area contributed by atoms with E-state index in [1.54, 1.807) is 0 Å². The van der Waals surface area contributed by atoms with E-state index in [4.69, 9.17) is 8.85 Å². The minimum absolute atomic E-state index is 0.870. The summed E-state index contributed by atoms with van der Waals surface area (Å²) in [5, 5.41) is 0. The van der Waals surface area contributed by atoms with Crippen molar-refractivity contribution < 1.29 is 8.85 Å². The van der Waals surface area contributed by atoms with Gasteiger partial charge in [-0.3, -0.25) is 0 Å². The zero-order chi connectivity index (χ0) is 12.4. The van der Waals surface area contributed by atoms with Gasteiger partial charge in [0, 0.05) is 13.2 Å². The van der Waals surface area contributed by atoms with Gasteiger partial charge in [0.2, 0.25) is 0 Å². The van der Waals surface area contributed by atoms with E-state index in [2.05, 4.69) is 33.5 Å². The molecule has 0 aliphatic carbocycles. The molecule has 0 heterocycles. The van der Waals surface area contributed by atoms with Gasteiger partial charge in [0.25, 0.3) is 0 Å². The Bertz CT molecular complexity index is 163. The Morgan fingerprint density at radius 3 is 2.25 bits per heavy atom. The Morgan fingerprint density at radius 1 is 1.06 bits per heavy atom. The molecule has 0 rings (SSSR count). The molecule has 0 fully saturated rings. The Labute approximate surface area is 105 Å². The number of hydrogen-bond donors (Lipinski definition) is 0. The third-order valence-corrected chi connectivity index (χ3v) is 7.26. The second-order valence-corrected chi connectivity index (χ2v) is 12.0. The highest BCUT2D eigenvalue weighted by Crippen LogP contribution is 2.17. The summed E-state index contributed by atoms with van der Waals surface area (Å²) in [6, 6.07) is 2.60. The third kappa shape index (κ3) is 9.57. The zero-order valence-corrected chi connectivity index (χ0v) is 14.0. The fourth-order valence-corrected chi connectivity index (χ4v) is 5.62. The SMILES string of the molecule is CCCO[SiH](C)CCC[Si](C)(C)OCCC. The molecule has 0 aromatic heterocycles. The van der Waals surface area contributed by atoms with Crippen LogP contribution in [0, 0.1) is 0 Å². The number of hydrogen-bond acceptors (Lipinski definition) is 2. The van der Waals surface area contributed by atoms with Crippen LogP contribution in [0.15, 0.2) is 0 Å². The molecule has 2 nitrogen and oxygen atoms in total. The number of rotatable bonds is 10. The van der Waals surface area contributed by atoms with Crippen molar-refractivity contribution in [2.75, 3.05) is 13.2 Å². The van der Waals surface area contributed by atoms with Crippen molar-refractivity contribution in [3.05, 3.63) is 0 Å². The lowest BCUT2D eigenvalue weighted by Crippen LogP contribution is -2.30. The van der Waals surface area contributed by atoms with Gasteiger partial charge in [0.15, 0.2) is 17.4 Å². The van der Waals surface area contributed by atoms with E-state index in [1.165, 1.54) is 18.5 Å². The highest BCUT2D eigenvalue weighted by Gasteiger charge is 2.21. The van der Waals surface area contributed by atoms with Gasteiger partial charge in [-0.2, -0.15) is 0 Å². The lowest BCUT2D eigenvalue weighted by Gasteiger charge is -2.23. The first-order valence-corrected chi connectivity index (χ1v) is 12.3. The van der Waals surface area contributed by atoms with Gasteiger partial charge in [-0.1, -0.05) is 20.3 Å². The second-order valence-electron chi connectivity index (χ2n) is 5.18. The van der Waals surface area contributed by atoms with Crippen LogP contribution in [0.25, 0.3) is 0 Å². The minimum atomic E-state index is -1.36. The molecule has 0 amide bonds. The van der Waals surface area contributed by atoms with Crippen molar-refractivity contribution in [2.45, 2.75) is 64.8 Å². The maximum Gasteiger partial charge on any atom is 0.186 e. The molecule has 1 unspecified atom stereocenters. The largest absolute Gasteiger partial charge is 0.420 e. The van der Waals surface area contributed by atoms with Crippen molar-refractivity contribution in [3.8, 4) is 0 Å². The van der Waals surface area contributed by atoms with Crippen molar-refractivity contribution in [2.24, 2.45) is 0 Å². The topological polar surface area (TPSA) is 18.5 Å². The minimum Gasteiger partial charge on any atom is -0.420 e. The van der Waals surface area contributed by atoms with Gasteiger partial charge in [0.1, 0.15) is 0 Å². The molecule has 0 aliphatic rings.